The molecule has 14 aromatic carbocycles. The number of anilines is 6. The predicted octanol–water partition coefficient (Wildman–Crippen LogP) is 21.3. The van der Waals surface area contributed by atoms with Crippen LogP contribution in [-0.4, -0.2) is 0 Å². The average molecular weight is 981 g/mol. The summed E-state index contributed by atoms with van der Waals surface area (Å²) < 4.78 is 6.92. The van der Waals surface area contributed by atoms with E-state index in [1.807, 2.05) is 0 Å². The van der Waals surface area contributed by atoms with Crippen molar-refractivity contribution in [2.75, 3.05) is 9.80 Å². The lowest BCUT2D eigenvalue weighted by Gasteiger charge is -2.31. The number of hydrogen-bond acceptors (Lipinski definition) is 3. The van der Waals surface area contributed by atoms with Crippen LogP contribution in [0.4, 0.5) is 34.1 Å². The molecule has 0 bridgehead atoms. The molecule has 0 amide bonds. The molecule has 360 valence electrons. The third-order valence-corrected chi connectivity index (χ3v) is 15.6. The van der Waals surface area contributed by atoms with Gasteiger partial charge in [0.25, 0.3) is 0 Å². The Morgan fingerprint density at radius 3 is 1.26 bits per heavy atom. The Morgan fingerprint density at radius 2 is 0.675 bits per heavy atom. The molecular weight excluding hydrogens is 933 g/mol. The second-order valence-corrected chi connectivity index (χ2v) is 19.9. The van der Waals surface area contributed by atoms with Gasteiger partial charge >= 0.3 is 0 Å². The molecule has 1 heterocycles. The molecule has 0 aliphatic heterocycles. The van der Waals surface area contributed by atoms with Gasteiger partial charge in [0.1, 0.15) is 11.2 Å². The van der Waals surface area contributed by atoms with Gasteiger partial charge in [-0.05, 0) is 114 Å². The highest BCUT2D eigenvalue weighted by Crippen LogP contribution is 2.53. The zero-order valence-corrected chi connectivity index (χ0v) is 42.0. The Labute approximate surface area is 446 Å². The first kappa shape index (κ1) is 44.3. The van der Waals surface area contributed by atoms with Gasteiger partial charge < -0.3 is 14.2 Å². The summed E-state index contributed by atoms with van der Waals surface area (Å²) in [5.41, 5.74) is 15.4. The van der Waals surface area contributed by atoms with E-state index in [1.165, 1.54) is 60.3 Å². The normalized spacial score (nSPS) is 11.6. The van der Waals surface area contributed by atoms with Crippen LogP contribution in [0.15, 0.2) is 296 Å². The number of hydrogen-bond donors (Lipinski definition) is 0. The molecule has 0 saturated heterocycles. The fourth-order valence-corrected chi connectivity index (χ4v) is 12.2. The van der Waals surface area contributed by atoms with Crippen LogP contribution in [-0.2, 0) is 0 Å². The SMILES string of the molecule is c1ccc(-c2ccc(N(c3ccc(-c4ccccc4)cc3)c3ccc(-c4c5ccccc5c(N(c5ccccc5)c5cc6oc7ccc8ccccc8c7c6c6ccccc56)c5ccccc45)c4ccccc34)cc2)cc1. The van der Waals surface area contributed by atoms with E-state index in [2.05, 4.69) is 301 Å². The van der Waals surface area contributed by atoms with Crippen molar-refractivity contribution >= 4 is 110 Å². The molecule has 0 aliphatic carbocycles. The summed E-state index contributed by atoms with van der Waals surface area (Å²) in [5, 5.41) is 13.9. The van der Waals surface area contributed by atoms with Gasteiger partial charge in [-0.15, -0.1) is 0 Å². The largest absolute Gasteiger partial charge is 0.456 e. The average Bonchev–Trinajstić information content (AvgIpc) is 4.04. The molecule has 0 spiro atoms. The number of benzene rings is 14. The fourth-order valence-electron chi connectivity index (χ4n) is 12.2. The quantitative estimate of drug-likeness (QED) is 0.134. The number of nitrogens with zero attached hydrogens (tertiary/aromatic N) is 2. The molecular formula is C74H48N2O. The van der Waals surface area contributed by atoms with Gasteiger partial charge in [0, 0.05) is 55.4 Å². The number of furan rings is 1. The third kappa shape index (κ3) is 7.35. The van der Waals surface area contributed by atoms with E-state index >= 15 is 0 Å². The summed E-state index contributed by atoms with van der Waals surface area (Å²) in [4.78, 5) is 4.89. The Kier molecular flexibility index (Phi) is 10.5. The Bertz CT molecular complexity index is 4580. The lowest BCUT2D eigenvalue weighted by Crippen LogP contribution is -2.12. The molecule has 0 aliphatic rings. The van der Waals surface area contributed by atoms with Gasteiger partial charge in [-0.25, -0.2) is 0 Å². The van der Waals surface area contributed by atoms with E-state index in [1.54, 1.807) is 0 Å². The van der Waals surface area contributed by atoms with Gasteiger partial charge in [0.15, 0.2) is 0 Å². The van der Waals surface area contributed by atoms with Crippen molar-refractivity contribution in [1.82, 2.24) is 0 Å². The number of para-hydroxylation sites is 1. The summed E-state index contributed by atoms with van der Waals surface area (Å²) in [6.45, 7) is 0. The van der Waals surface area contributed by atoms with Gasteiger partial charge in [-0.1, -0.05) is 237 Å². The molecule has 3 heteroatoms. The maximum atomic E-state index is 6.92. The topological polar surface area (TPSA) is 19.6 Å². The second-order valence-electron chi connectivity index (χ2n) is 19.9. The molecule has 3 nitrogen and oxygen atoms in total. The molecule has 0 fully saturated rings. The van der Waals surface area contributed by atoms with Crippen molar-refractivity contribution in [1.29, 1.82) is 0 Å². The van der Waals surface area contributed by atoms with E-state index < -0.39 is 0 Å². The van der Waals surface area contributed by atoms with E-state index in [0.717, 1.165) is 83.0 Å². The van der Waals surface area contributed by atoms with Gasteiger partial charge in [-0.2, -0.15) is 0 Å². The van der Waals surface area contributed by atoms with Crippen LogP contribution >= 0.6 is 0 Å². The third-order valence-electron chi connectivity index (χ3n) is 15.6. The predicted molar refractivity (Wildman–Crippen MR) is 327 cm³/mol. The lowest BCUT2D eigenvalue weighted by atomic mass is 9.87. The highest BCUT2D eigenvalue weighted by molar-refractivity contribution is 6.30. The monoisotopic (exact) mass is 980 g/mol. The van der Waals surface area contributed by atoms with Crippen molar-refractivity contribution in [3.05, 3.63) is 291 Å². The first-order chi connectivity index (χ1) is 38.2. The fraction of sp³-hybridized carbons (Fsp3) is 0. The number of rotatable bonds is 9. The molecule has 0 saturated carbocycles. The van der Waals surface area contributed by atoms with Crippen molar-refractivity contribution in [2.45, 2.75) is 0 Å². The summed E-state index contributed by atoms with van der Waals surface area (Å²) in [6, 6.07) is 106. The van der Waals surface area contributed by atoms with E-state index in [9.17, 15) is 0 Å². The molecule has 15 aromatic rings. The summed E-state index contributed by atoms with van der Waals surface area (Å²) in [6.07, 6.45) is 0. The van der Waals surface area contributed by atoms with Crippen LogP contribution in [0.1, 0.15) is 0 Å². The highest BCUT2D eigenvalue weighted by Gasteiger charge is 2.27. The van der Waals surface area contributed by atoms with Crippen molar-refractivity contribution in [3.63, 3.8) is 0 Å². The van der Waals surface area contributed by atoms with Crippen molar-refractivity contribution < 1.29 is 4.42 Å². The summed E-state index contributed by atoms with van der Waals surface area (Å²) in [7, 11) is 0. The first-order valence-electron chi connectivity index (χ1n) is 26.4. The minimum Gasteiger partial charge on any atom is -0.456 e. The zero-order chi connectivity index (χ0) is 50.8. The Balaban J connectivity index is 0.954. The van der Waals surface area contributed by atoms with Crippen LogP contribution in [0.2, 0.25) is 0 Å². The molecule has 0 N–H and O–H groups in total. The van der Waals surface area contributed by atoms with Crippen LogP contribution in [0.25, 0.3) is 109 Å². The standard InChI is InChI=1S/C74H48N2O/c1-4-20-49(21-5-1)51-36-41-55(42-37-51)75(56-43-38-52(39-44-56)50-22-6-2-7-23-50)67-46-45-64(58-28-12-13-29-59(58)67)71-62-32-16-18-34-65(62)74(66-35-19-17-33-63(66)71)76(54-25-8-3-9-26-54)68-48-70-73(61-31-15-14-30-60(61)68)72-57-27-11-10-24-53(57)40-47-69(72)77-70/h1-48H. The minimum absolute atomic E-state index is 0.857. The molecule has 0 unspecified atom stereocenters. The maximum Gasteiger partial charge on any atom is 0.138 e. The van der Waals surface area contributed by atoms with Crippen LogP contribution in [0.3, 0.4) is 0 Å². The van der Waals surface area contributed by atoms with E-state index in [4.69, 9.17) is 4.42 Å². The Morgan fingerprint density at radius 1 is 0.247 bits per heavy atom. The summed E-state index contributed by atoms with van der Waals surface area (Å²) in [5.74, 6) is 0. The molecule has 0 atom stereocenters. The maximum absolute atomic E-state index is 6.92. The molecule has 1 aromatic heterocycles. The summed E-state index contributed by atoms with van der Waals surface area (Å²) >= 11 is 0. The molecule has 0 radical (unpaired) electrons. The van der Waals surface area contributed by atoms with Gasteiger partial charge in [0.05, 0.1) is 17.1 Å². The lowest BCUT2D eigenvalue weighted by molar-refractivity contribution is 0.669. The van der Waals surface area contributed by atoms with Crippen molar-refractivity contribution in [3.8, 4) is 33.4 Å². The Hall–Kier alpha value is -10.2. The van der Waals surface area contributed by atoms with Crippen LogP contribution in [0.5, 0.6) is 0 Å². The highest BCUT2D eigenvalue weighted by atomic mass is 16.3. The number of fused-ring (bicyclic) bond motifs is 10. The van der Waals surface area contributed by atoms with E-state index in [-0.39, 0.29) is 0 Å². The van der Waals surface area contributed by atoms with Gasteiger partial charge in [0.2, 0.25) is 0 Å². The molecule has 77 heavy (non-hydrogen) atoms. The zero-order valence-electron chi connectivity index (χ0n) is 42.0. The van der Waals surface area contributed by atoms with Gasteiger partial charge in [-0.3, -0.25) is 0 Å². The van der Waals surface area contributed by atoms with E-state index in [0.29, 0.717) is 0 Å². The minimum atomic E-state index is 0.857. The van der Waals surface area contributed by atoms with Crippen molar-refractivity contribution in [2.24, 2.45) is 0 Å². The van der Waals surface area contributed by atoms with Crippen LogP contribution in [0, 0.1) is 0 Å². The smallest absolute Gasteiger partial charge is 0.138 e. The first-order valence-corrected chi connectivity index (χ1v) is 26.4. The van der Waals surface area contributed by atoms with Crippen LogP contribution < -0.4 is 9.80 Å². The molecule has 15 rings (SSSR count). The second kappa shape index (κ2) is 18.3.